The molecule has 1 atom stereocenters. The Hall–Kier alpha value is -4.22. The Morgan fingerprint density at radius 1 is 1.24 bits per heavy atom. The molecule has 0 radical (unpaired) electrons. The van der Waals surface area contributed by atoms with Crippen LogP contribution in [-0.2, 0) is 25.4 Å². The predicted molar refractivity (Wildman–Crippen MR) is 125 cm³/mol. The normalized spacial score (nSPS) is 17.5. The van der Waals surface area contributed by atoms with Gasteiger partial charge in [-0.3, -0.25) is 9.56 Å². The zero-order chi connectivity index (χ0) is 23.5. The van der Waals surface area contributed by atoms with Crippen molar-refractivity contribution in [2.75, 3.05) is 0 Å². The number of unbranched alkanes of at least 4 members (excludes halogenated alkanes) is 1. The molecule has 12 nitrogen and oxygen atoms in total. The van der Waals surface area contributed by atoms with E-state index in [-0.39, 0.29) is 5.69 Å². The van der Waals surface area contributed by atoms with E-state index >= 15 is 0 Å². The fourth-order valence-corrected chi connectivity index (χ4v) is 4.31. The second-order valence-electron chi connectivity index (χ2n) is 8.39. The smallest absolute Gasteiger partial charge is 0.295 e. The number of aliphatic imine (C=N–C) groups is 1. The largest absolute Gasteiger partial charge is 0.335 e. The number of H-pyrrole nitrogens is 1. The van der Waals surface area contributed by atoms with Gasteiger partial charge in [-0.05, 0) is 46.5 Å². The van der Waals surface area contributed by atoms with Gasteiger partial charge < -0.3 is 0 Å². The molecule has 0 amide bonds. The maximum Gasteiger partial charge on any atom is 0.335 e. The molecule has 1 aliphatic heterocycles. The molecule has 0 bridgehead atoms. The zero-order valence-electron chi connectivity index (χ0n) is 19.0. The van der Waals surface area contributed by atoms with Crippen LogP contribution in [0.15, 0.2) is 52.5 Å². The first-order chi connectivity index (χ1) is 16.6. The number of aromatic amines is 1. The van der Waals surface area contributed by atoms with E-state index in [4.69, 9.17) is 0 Å². The van der Waals surface area contributed by atoms with Crippen LogP contribution < -0.4 is 5.69 Å². The Kier molecular flexibility index (Phi) is 5.70. The Balaban J connectivity index is 1.61. The molecular formula is C22H25N11O. The van der Waals surface area contributed by atoms with Gasteiger partial charge in [0, 0.05) is 48.9 Å². The fourth-order valence-electron chi connectivity index (χ4n) is 4.31. The van der Waals surface area contributed by atoms with E-state index in [1.54, 1.807) is 13.2 Å². The minimum atomic E-state index is -0.476. The first-order valence-electron chi connectivity index (χ1n) is 11.2. The minimum absolute atomic E-state index is 0.173. The predicted octanol–water partition coefficient (Wildman–Crippen LogP) is 1.61. The van der Waals surface area contributed by atoms with Gasteiger partial charge in [-0.15, -0.1) is 10.2 Å². The molecule has 1 aliphatic rings. The highest BCUT2D eigenvalue weighted by Gasteiger charge is 2.33. The van der Waals surface area contributed by atoms with Crippen molar-refractivity contribution in [3.63, 3.8) is 0 Å². The van der Waals surface area contributed by atoms with Crippen molar-refractivity contribution in [3.05, 3.63) is 64.5 Å². The van der Waals surface area contributed by atoms with Gasteiger partial charge in [0.25, 0.3) is 5.95 Å². The van der Waals surface area contributed by atoms with Crippen molar-refractivity contribution in [1.82, 2.24) is 50.0 Å². The van der Waals surface area contributed by atoms with Crippen LogP contribution in [0.4, 0.5) is 0 Å². The van der Waals surface area contributed by atoms with Crippen molar-refractivity contribution in [2.24, 2.45) is 12.0 Å². The SMILES string of the molecule is CCCCc1cn(-c2nnnn2C)c(=O)n1CC1(c2cccc(-c3nn[nH]n3)c2)C=CN=CC1. The number of aromatic nitrogens is 10. The molecule has 0 spiro atoms. The molecule has 0 saturated carbocycles. The lowest BCUT2D eigenvalue weighted by Crippen LogP contribution is -2.37. The number of allylic oxidation sites excluding steroid dienone is 1. The van der Waals surface area contributed by atoms with Crippen LogP contribution in [0.1, 0.15) is 37.4 Å². The summed E-state index contributed by atoms with van der Waals surface area (Å²) >= 11 is 0. The van der Waals surface area contributed by atoms with Crippen LogP contribution in [-0.4, -0.2) is 56.2 Å². The average molecular weight is 460 g/mol. The van der Waals surface area contributed by atoms with Crippen molar-refractivity contribution < 1.29 is 0 Å². The van der Waals surface area contributed by atoms with E-state index in [1.807, 2.05) is 29.1 Å². The van der Waals surface area contributed by atoms with E-state index in [0.717, 1.165) is 36.1 Å². The van der Waals surface area contributed by atoms with E-state index in [1.165, 1.54) is 9.25 Å². The van der Waals surface area contributed by atoms with Gasteiger partial charge in [0.1, 0.15) is 0 Å². The molecule has 1 N–H and O–H groups in total. The highest BCUT2D eigenvalue weighted by molar-refractivity contribution is 5.65. The first kappa shape index (κ1) is 21.6. The molecule has 0 fully saturated rings. The van der Waals surface area contributed by atoms with Gasteiger partial charge in [-0.1, -0.05) is 42.7 Å². The Labute approximate surface area is 195 Å². The van der Waals surface area contributed by atoms with Crippen LogP contribution in [0, 0.1) is 0 Å². The first-order valence-corrected chi connectivity index (χ1v) is 11.2. The number of tetrazole rings is 2. The molecule has 1 unspecified atom stereocenters. The van der Waals surface area contributed by atoms with E-state index in [9.17, 15) is 4.79 Å². The lowest BCUT2D eigenvalue weighted by atomic mass is 9.76. The number of nitrogens with zero attached hydrogens (tertiary/aromatic N) is 10. The summed E-state index contributed by atoms with van der Waals surface area (Å²) in [5, 5.41) is 26.0. The Morgan fingerprint density at radius 3 is 2.85 bits per heavy atom. The molecule has 4 aromatic rings. The molecule has 12 heteroatoms. The van der Waals surface area contributed by atoms with E-state index in [2.05, 4.69) is 66.3 Å². The molecule has 4 heterocycles. The van der Waals surface area contributed by atoms with Crippen LogP contribution in [0.2, 0.25) is 0 Å². The second kappa shape index (κ2) is 8.96. The Bertz CT molecular complexity index is 1390. The van der Waals surface area contributed by atoms with Gasteiger partial charge in [0.2, 0.25) is 5.82 Å². The second-order valence-corrected chi connectivity index (χ2v) is 8.39. The zero-order valence-corrected chi connectivity index (χ0v) is 19.0. The third kappa shape index (κ3) is 3.87. The number of nitrogens with one attached hydrogen (secondary N) is 1. The maximum absolute atomic E-state index is 13.6. The maximum atomic E-state index is 13.6. The van der Waals surface area contributed by atoms with Crippen LogP contribution >= 0.6 is 0 Å². The summed E-state index contributed by atoms with van der Waals surface area (Å²) in [6, 6.07) is 8.03. The van der Waals surface area contributed by atoms with Crippen molar-refractivity contribution >= 4 is 6.21 Å². The van der Waals surface area contributed by atoms with Crippen LogP contribution in [0.3, 0.4) is 0 Å². The highest BCUT2D eigenvalue weighted by Crippen LogP contribution is 2.35. The van der Waals surface area contributed by atoms with Crippen molar-refractivity contribution in [2.45, 2.75) is 44.6 Å². The lowest BCUT2D eigenvalue weighted by Gasteiger charge is -2.32. The Morgan fingerprint density at radius 2 is 2.15 bits per heavy atom. The summed E-state index contributed by atoms with van der Waals surface area (Å²) in [4.78, 5) is 17.9. The quantitative estimate of drug-likeness (QED) is 0.422. The standard InChI is InChI=1S/C22H25N11O/c1-3-4-8-18-14-32(20-26-29-30-31(20)2)21(34)33(18)15-22(9-11-23-12-10-22)17-7-5-6-16(13-17)19-24-27-28-25-19/h5-7,9,11-14H,3-4,8,10,15H2,1-2H3,(H,24,25,27,28). The number of rotatable bonds is 8. The van der Waals surface area contributed by atoms with E-state index < -0.39 is 5.41 Å². The number of benzene rings is 1. The van der Waals surface area contributed by atoms with E-state index in [0.29, 0.717) is 24.7 Å². The van der Waals surface area contributed by atoms with Gasteiger partial charge >= 0.3 is 5.69 Å². The summed E-state index contributed by atoms with van der Waals surface area (Å²) in [5.41, 5.74) is 2.19. The summed E-state index contributed by atoms with van der Waals surface area (Å²) in [7, 11) is 1.72. The summed E-state index contributed by atoms with van der Waals surface area (Å²) in [5.74, 6) is 0.905. The third-order valence-corrected chi connectivity index (χ3v) is 6.18. The molecule has 3 aromatic heterocycles. The highest BCUT2D eigenvalue weighted by atomic mass is 16.2. The number of imidazole rings is 1. The molecular weight excluding hydrogens is 434 g/mol. The topological polar surface area (TPSA) is 137 Å². The third-order valence-electron chi connectivity index (χ3n) is 6.18. The fraction of sp³-hybridized carbons (Fsp3) is 0.364. The lowest BCUT2D eigenvalue weighted by molar-refractivity contribution is 0.438. The summed E-state index contributed by atoms with van der Waals surface area (Å²) in [6.07, 6.45) is 11.0. The minimum Gasteiger partial charge on any atom is -0.295 e. The number of hydrogen-bond acceptors (Lipinski definition) is 8. The number of aryl methyl sites for hydroxylation is 2. The van der Waals surface area contributed by atoms with Crippen molar-refractivity contribution in [1.29, 1.82) is 0 Å². The van der Waals surface area contributed by atoms with Gasteiger partial charge in [0.05, 0.1) is 0 Å². The van der Waals surface area contributed by atoms with Crippen LogP contribution in [0.25, 0.3) is 17.3 Å². The summed E-state index contributed by atoms with van der Waals surface area (Å²) in [6.45, 7) is 2.58. The monoisotopic (exact) mass is 459 g/mol. The molecule has 5 rings (SSSR count). The number of hydrogen-bond donors (Lipinski definition) is 1. The van der Waals surface area contributed by atoms with Crippen molar-refractivity contribution in [3.8, 4) is 17.3 Å². The van der Waals surface area contributed by atoms with Gasteiger partial charge in [0.15, 0.2) is 0 Å². The molecule has 0 saturated heterocycles. The summed E-state index contributed by atoms with van der Waals surface area (Å²) < 4.78 is 4.86. The van der Waals surface area contributed by atoms with Gasteiger partial charge in [-0.2, -0.15) is 5.21 Å². The average Bonchev–Trinajstić information content (AvgIpc) is 3.61. The molecule has 1 aromatic carbocycles. The van der Waals surface area contributed by atoms with Crippen LogP contribution in [0.5, 0.6) is 0 Å². The molecule has 34 heavy (non-hydrogen) atoms. The molecule has 174 valence electrons. The van der Waals surface area contributed by atoms with Gasteiger partial charge in [-0.25, -0.2) is 14.0 Å². The molecule has 0 aliphatic carbocycles.